The number of carbonyl (C=O) groups is 3. The molecule has 1 heterocycles. The van der Waals surface area contributed by atoms with Crippen LogP contribution < -0.4 is 5.32 Å². The molecule has 2 rings (SSSR count). The van der Waals surface area contributed by atoms with Gasteiger partial charge in [0, 0.05) is 23.5 Å². The molecule has 1 unspecified atom stereocenters. The molecule has 3 atom stereocenters. The molecule has 0 spiro atoms. The summed E-state index contributed by atoms with van der Waals surface area (Å²) >= 11 is 0. The Bertz CT molecular complexity index is 1060. The van der Waals surface area contributed by atoms with E-state index in [1.165, 1.54) is 0 Å². The van der Waals surface area contributed by atoms with Crippen molar-refractivity contribution in [3.05, 3.63) is 36.0 Å². The summed E-state index contributed by atoms with van der Waals surface area (Å²) in [6.07, 6.45) is 1.77. The van der Waals surface area contributed by atoms with E-state index in [1.807, 2.05) is 24.3 Å². The average Bonchev–Trinajstić information content (AvgIpc) is 3.16. The van der Waals surface area contributed by atoms with Gasteiger partial charge in [-0.3, -0.25) is 14.2 Å². The van der Waals surface area contributed by atoms with Crippen molar-refractivity contribution in [2.24, 2.45) is 11.3 Å². The van der Waals surface area contributed by atoms with E-state index in [-0.39, 0.29) is 18.8 Å². The molecule has 0 aliphatic carbocycles. The number of rotatable bonds is 12. The van der Waals surface area contributed by atoms with Crippen molar-refractivity contribution in [2.45, 2.75) is 59.5 Å². The SMILES string of the molecule is CC(C)C[C@@H](C(=O)N[C@@H](Cc1c[nH]c2ccccc12)C(=O)O)N(OCOC(=O)C(C)(C)C)[PH](=O)O. The van der Waals surface area contributed by atoms with Gasteiger partial charge in [-0.05, 0) is 44.7 Å². The fourth-order valence-corrected chi connectivity index (χ4v) is 4.03. The van der Waals surface area contributed by atoms with Crippen molar-refractivity contribution in [3.8, 4) is 0 Å². The molecule has 35 heavy (non-hydrogen) atoms. The van der Waals surface area contributed by atoms with Crippen molar-refractivity contribution in [3.63, 3.8) is 0 Å². The quantitative estimate of drug-likeness (QED) is 0.145. The Labute approximate surface area is 204 Å². The number of fused-ring (bicyclic) bond motifs is 1. The number of aromatic amines is 1. The van der Waals surface area contributed by atoms with Crippen LogP contribution in [0.3, 0.4) is 0 Å². The minimum Gasteiger partial charge on any atom is -0.480 e. The van der Waals surface area contributed by atoms with Gasteiger partial charge in [0.05, 0.1) is 5.41 Å². The van der Waals surface area contributed by atoms with Crippen LogP contribution in [0.4, 0.5) is 0 Å². The third-order valence-corrected chi connectivity index (χ3v) is 5.99. The summed E-state index contributed by atoms with van der Waals surface area (Å²) in [6.45, 7) is 7.83. The van der Waals surface area contributed by atoms with E-state index in [1.54, 1.807) is 40.8 Å². The van der Waals surface area contributed by atoms with Crippen LogP contribution in [0.15, 0.2) is 30.5 Å². The molecule has 0 saturated heterocycles. The smallest absolute Gasteiger partial charge is 0.326 e. The molecule has 11 nitrogen and oxygen atoms in total. The van der Waals surface area contributed by atoms with E-state index in [2.05, 4.69) is 10.3 Å². The third-order valence-electron chi connectivity index (χ3n) is 5.18. The number of nitrogens with zero attached hydrogens (tertiary/aromatic N) is 1. The van der Waals surface area contributed by atoms with Gasteiger partial charge in [-0.1, -0.05) is 36.9 Å². The lowest BCUT2D eigenvalue weighted by molar-refractivity contribution is -0.207. The van der Waals surface area contributed by atoms with Crippen LogP contribution in [-0.4, -0.2) is 56.5 Å². The Balaban J connectivity index is 2.19. The maximum Gasteiger partial charge on any atom is 0.326 e. The van der Waals surface area contributed by atoms with Gasteiger partial charge in [0.1, 0.15) is 12.1 Å². The van der Waals surface area contributed by atoms with Crippen LogP contribution in [0, 0.1) is 11.3 Å². The van der Waals surface area contributed by atoms with Gasteiger partial charge in [-0.25, -0.2) is 9.63 Å². The molecule has 0 aliphatic heterocycles. The van der Waals surface area contributed by atoms with Crippen LogP contribution in [0.25, 0.3) is 10.9 Å². The Hall–Kier alpha value is -2.72. The van der Waals surface area contributed by atoms with Crippen LogP contribution in [0.5, 0.6) is 0 Å². The van der Waals surface area contributed by atoms with E-state index in [0.717, 1.165) is 10.9 Å². The van der Waals surface area contributed by atoms with Gasteiger partial charge >= 0.3 is 11.9 Å². The monoisotopic (exact) mass is 511 g/mol. The fraction of sp³-hybridized carbons (Fsp3) is 0.522. The van der Waals surface area contributed by atoms with Gasteiger partial charge in [0.25, 0.3) is 8.18 Å². The lowest BCUT2D eigenvalue weighted by atomic mass is 9.98. The highest BCUT2D eigenvalue weighted by atomic mass is 31.1. The first kappa shape index (κ1) is 28.5. The van der Waals surface area contributed by atoms with Gasteiger partial charge in [0.15, 0.2) is 0 Å². The second-order valence-electron chi connectivity index (χ2n) is 9.65. The van der Waals surface area contributed by atoms with E-state index in [9.17, 15) is 28.9 Å². The molecule has 0 aliphatic rings. The first-order valence-corrected chi connectivity index (χ1v) is 12.5. The number of hydroxylamine groups is 1. The summed E-state index contributed by atoms with van der Waals surface area (Å²) in [5.41, 5.74) is 0.718. The van der Waals surface area contributed by atoms with Crippen molar-refractivity contribution in [2.75, 3.05) is 6.79 Å². The summed E-state index contributed by atoms with van der Waals surface area (Å²) in [5.74, 6) is -2.74. The molecule has 1 aromatic heterocycles. The van der Waals surface area contributed by atoms with Crippen LogP contribution >= 0.6 is 8.18 Å². The number of aliphatic carboxylic acids is 1. The number of amides is 1. The van der Waals surface area contributed by atoms with Crippen molar-refractivity contribution in [1.82, 2.24) is 15.1 Å². The number of para-hydroxylation sites is 1. The molecule has 12 heteroatoms. The van der Waals surface area contributed by atoms with Crippen LogP contribution in [0.1, 0.15) is 46.6 Å². The second kappa shape index (κ2) is 12.3. The number of ether oxygens (including phenoxy) is 1. The standard InChI is InChI=1S/C23H34N3O8P/c1-14(2)10-19(26(35(31)32)34-13-33-22(30)23(3,4)5)20(27)25-18(21(28)29)11-15-12-24-17-9-7-6-8-16(15)17/h6-9,12,14,18-19,24,35H,10-11,13H2,1-5H3,(H,25,27)(H,28,29)(H,31,32)/t18-,19-/m0/s1. The van der Waals surface area contributed by atoms with Gasteiger partial charge in [0.2, 0.25) is 12.7 Å². The van der Waals surface area contributed by atoms with Crippen LogP contribution in [0.2, 0.25) is 0 Å². The Morgan fingerprint density at radius 2 is 1.86 bits per heavy atom. The maximum absolute atomic E-state index is 13.1. The van der Waals surface area contributed by atoms with Crippen molar-refractivity contribution < 1.29 is 38.5 Å². The Kier molecular flexibility index (Phi) is 10.0. The number of carbonyl (C=O) groups excluding carboxylic acids is 2. The molecule has 194 valence electrons. The first-order chi connectivity index (χ1) is 16.3. The number of hydrogen-bond donors (Lipinski definition) is 4. The van der Waals surface area contributed by atoms with Crippen molar-refractivity contribution in [1.29, 1.82) is 0 Å². The third kappa shape index (κ3) is 8.17. The highest BCUT2D eigenvalue weighted by Gasteiger charge is 2.34. The molecule has 1 amide bonds. The number of aromatic nitrogens is 1. The van der Waals surface area contributed by atoms with Gasteiger partial charge in [-0.2, -0.15) is 0 Å². The minimum absolute atomic E-state index is 0.00214. The predicted molar refractivity (Wildman–Crippen MR) is 129 cm³/mol. The second-order valence-corrected chi connectivity index (χ2v) is 10.7. The molecule has 0 bridgehead atoms. The van der Waals surface area contributed by atoms with Gasteiger partial charge in [-0.15, -0.1) is 0 Å². The number of hydrogen-bond acceptors (Lipinski definition) is 6. The predicted octanol–water partition coefficient (Wildman–Crippen LogP) is 2.86. The normalized spacial score (nSPS) is 14.6. The molecule has 4 N–H and O–H groups in total. The molecule has 0 radical (unpaired) electrons. The number of carboxylic acids is 1. The van der Waals surface area contributed by atoms with Crippen molar-refractivity contribution >= 4 is 36.9 Å². The number of nitrogens with one attached hydrogen (secondary N) is 2. The number of benzene rings is 1. The highest BCUT2D eigenvalue weighted by Crippen LogP contribution is 2.29. The first-order valence-electron chi connectivity index (χ1n) is 11.2. The summed E-state index contributed by atoms with van der Waals surface area (Å²) in [5, 5.41) is 13.1. The number of carboxylic acid groups (broad SMARTS) is 1. The average molecular weight is 512 g/mol. The van der Waals surface area contributed by atoms with E-state index >= 15 is 0 Å². The lowest BCUT2D eigenvalue weighted by Crippen LogP contribution is -2.51. The summed E-state index contributed by atoms with van der Waals surface area (Å²) in [4.78, 5) is 55.8. The maximum atomic E-state index is 13.1. The molecule has 1 aromatic carbocycles. The molecule has 0 saturated carbocycles. The Morgan fingerprint density at radius 3 is 2.43 bits per heavy atom. The minimum atomic E-state index is -3.57. The van der Waals surface area contributed by atoms with Crippen LogP contribution in [-0.2, 0) is 34.9 Å². The van der Waals surface area contributed by atoms with E-state index in [4.69, 9.17) is 9.57 Å². The highest BCUT2D eigenvalue weighted by molar-refractivity contribution is 7.35. The molecule has 2 aromatic rings. The fourth-order valence-electron chi connectivity index (χ4n) is 3.38. The molecule has 0 fully saturated rings. The largest absolute Gasteiger partial charge is 0.480 e. The number of esters is 1. The zero-order valence-electron chi connectivity index (χ0n) is 20.5. The number of H-pyrrole nitrogens is 1. The summed E-state index contributed by atoms with van der Waals surface area (Å²) < 4.78 is 17.1. The summed E-state index contributed by atoms with van der Waals surface area (Å²) in [7, 11) is -3.57. The zero-order chi connectivity index (χ0) is 26.3. The van der Waals surface area contributed by atoms with E-state index < -0.39 is 50.3 Å². The topological polar surface area (TPSA) is 158 Å². The molecular weight excluding hydrogens is 477 g/mol. The zero-order valence-corrected chi connectivity index (χ0v) is 21.5. The van der Waals surface area contributed by atoms with E-state index in [0.29, 0.717) is 10.4 Å². The lowest BCUT2D eigenvalue weighted by Gasteiger charge is -2.29. The summed E-state index contributed by atoms with van der Waals surface area (Å²) in [6, 6.07) is 4.79. The molecular formula is C23H34N3O8P. The van der Waals surface area contributed by atoms with Gasteiger partial charge < -0.3 is 25.0 Å². The Morgan fingerprint density at radius 1 is 1.20 bits per heavy atom.